The molecule has 0 amide bonds. The highest BCUT2D eigenvalue weighted by Gasteiger charge is 2.10. The van der Waals surface area contributed by atoms with Crippen LogP contribution in [0, 0.1) is 12.3 Å². The first-order valence-electron chi connectivity index (χ1n) is 5.55. The minimum absolute atomic E-state index is 0.0109. The van der Waals surface area contributed by atoms with Crippen molar-refractivity contribution in [2.24, 2.45) is 5.73 Å². The molecule has 0 spiro atoms. The number of nitrogens with two attached hydrogens (primary N) is 1. The predicted molar refractivity (Wildman–Crippen MR) is 84.1 cm³/mol. The molecule has 0 saturated carbocycles. The highest BCUT2D eigenvalue weighted by Crippen LogP contribution is 2.33. The van der Waals surface area contributed by atoms with Crippen molar-refractivity contribution in [3.05, 3.63) is 56.5 Å². The third-order valence-electron chi connectivity index (χ3n) is 2.54. The maximum Gasteiger partial charge on any atom is 0.141 e. The van der Waals surface area contributed by atoms with Gasteiger partial charge in [0.2, 0.25) is 0 Å². The number of rotatable bonds is 3. The van der Waals surface area contributed by atoms with E-state index in [1.165, 1.54) is 0 Å². The van der Waals surface area contributed by atoms with Crippen molar-refractivity contribution in [1.29, 1.82) is 5.41 Å². The molecule has 0 heterocycles. The van der Waals surface area contributed by atoms with Gasteiger partial charge in [0, 0.05) is 4.47 Å². The lowest BCUT2D eigenvalue weighted by molar-refractivity contribution is 0.478. The van der Waals surface area contributed by atoms with Crippen LogP contribution in [-0.2, 0) is 0 Å². The van der Waals surface area contributed by atoms with E-state index >= 15 is 0 Å². The molecule has 2 aromatic carbocycles. The average Bonchev–Trinajstić information content (AvgIpc) is 2.32. The molecule has 3 nitrogen and oxygen atoms in total. The molecule has 2 aromatic rings. The molecule has 0 aliphatic carbocycles. The first-order chi connectivity index (χ1) is 8.97. The second-order valence-corrected chi connectivity index (χ2v) is 5.86. The number of hydrogen-bond donors (Lipinski definition) is 2. The van der Waals surface area contributed by atoms with Gasteiger partial charge in [-0.15, -0.1) is 0 Å². The summed E-state index contributed by atoms with van der Waals surface area (Å²) in [5.41, 5.74) is 7.20. The van der Waals surface area contributed by atoms with E-state index in [0.29, 0.717) is 17.1 Å². The van der Waals surface area contributed by atoms with Gasteiger partial charge in [-0.1, -0.05) is 22.0 Å². The monoisotopic (exact) mass is 382 g/mol. The van der Waals surface area contributed by atoms with Crippen LogP contribution in [0.25, 0.3) is 0 Å². The van der Waals surface area contributed by atoms with Crippen molar-refractivity contribution >= 4 is 37.7 Å². The summed E-state index contributed by atoms with van der Waals surface area (Å²) in [4.78, 5) is 0. The Labute approximate surface area is 128 Å². The summed E-state index contributed by atoms with van der Waals surface area (Å²) >= 11 is 6.84. The normalized spacial score (nSPS) is 10.3. The fourth-order valence-corrected chi connectivity index (χ4v) is 2.74. The van der Waals surface area contributed by atoms with E-state index in [0.717, 1.165) is 14.5 Å². The second-order valence-electron chi connectivity index (χ2n) is 4.09. The summed E-state index contributed by atoms with van der Waals surface area (Å²) in [6.07, 6.45) is 0. The van der Waals surface area contributed by atoms with Crippen LogP contribution >= 0.6 is 31.9 Å². The van der Waals surface area contributed by atoms with Gasteiger partial charge in [0.15, 0.2) is 0 Å². The Kier molecular flexibility index (Phi) is 4.27. The van der Waals surface area contributed by atoms with Crippen LogP contribution in [0.2, 0.25) is 0 Å². The number of ether oxygens (including phenoxy) is 1. The van der Waals surface area contributed by atoms with Gasteiger partial charge in [-0.05, 0) is 58.7 Å². The van der Waals surface area contributed by atoms with Crippen LogP contribution in [-0.4, -0.2) is 5.84 Å². The van der Waals surface area contributed by atoms with E-state index in [1.807, 2.05) is 37.3 Å². The molecule has 0 aliphatic rings. The van der Waals surface area contributed by atoms with Gasteiger partial charge in [-0.3, -0.25) is 5.41 Å². The lowest BCUT2D eigenvalue weighted by Crippen LogP contribution is -2.12. The van der Waals surface area contributed by atoms with Crippen molar-refractivity contribution < 1.29 is 4.74 Å². The van der Waals surface area contributed by atoms with Crippen LogP contribution < -0.4 is 10.5 Å². The van der Waals surface area contributed by atoms with Crippen LogP contribution in [0.3, 0.4) is 0 Å². The summed E-state index contributed by atoms with van der Waals surface area (Å²) < 4.78 is 7.64. The van der Waals surface area contributed by atoms with E-state index < -0.39 is 0 Å². The summed E-state index contributed by atoms with van der Waals surface area (Å²) in [5.74, 6) is 1.25. The zero-order valence-corrected chi connectivity index (χ0v) is 13.4. The number of benzene rings is 2. The molecule has 0 atom stereocenters. The molecule has 98 valence electrons. The number of hydrogen-bond acceptors (Lipinski definition) is 2. The van der Waals surface area contributed by atoms with E-state index in [-0.39, 0.29) is 5.84 Å². The SMILES string of the molecule is Cc1ccc(C(=N)N)c(Oc2ccc(Br)cc2Br)c1. The number of nitrogen functional groups attached to an aromatic ring is 1. The van der Waals surface area contributed by atoms with E-state index in [9.17, 15) is 0 Å². The van der Waals surface area contributed by atoms with Gasteiger partial charge < -0.3 is 10.5 Å². The lowest BCUT2D eigenvalue weighted by atomic mass is 10.1. The van der Waals surface area contributed by atoms with Crippen LogP contribution in [0.15, 0.2) is 45.3 Å². The summed E-state index contributed by atoms with van der Waals surface area (Å²) in [6.45, 7) is 1.97. The van der Waals surface area contributed by atoms with Crippen LogP contribution in [0.5, 0.6) is 11.5 Å². The number of nitrogens with one attached hydrogen (secondary N) is 1. The Balaban J connectivity index is 2.42. The van der Waals surface area contributed by atoms with Gasteiger partial charge >= 0.3 is 0 Å². The van der Waals surface area contributed by atoms with Crippen molar-refractivity contribution in [2.75, 3.05) is 0 Å². The predicted octanol–water partition coefficient (Wildman–Crippen LogP) is 4.60. The van der Waals surface area contributed by atoms with Gasteiger partial charge in [0.1, 0.15) is 17.3 Å². The van der Waals surface area contributed by atoms with Crippen LogP contribution in [0.1, 0.15) is 11.1 Å². The maximum absolute atomic E-state index is 7.58. The van der Waals surface area contributed by atoms with Crippen molar-refractivity contribution in [3.63, 3.8) is 0 Å². The molecule has 0 aliphatic heterocycles. The molecular weight excluding hydrogens is 372 g/mol. The van der Waals surface area contributed by atoms with Crippen molar-refractivity contribution in [3.8, 4) is 11.5 Å². The third-order valence-corrected chi connectivity index (χ3v) is 3.65. The molecule has 2 rings (SSSR count). The van der Waals surface area contributed by atoms with Gasteiger partial charge in [0.25, 0.3) is 0 Å². The third kappa shape index (κ3) is 3.36. The molecule has 0 saturated heterocycles. The fourth-order valence-electron chi connectivity index (χ4n) is 1.61. The summed E-state index contributed by atoms with van der Waals surface area (Å²) in [7, 11) is 0. The molecule has 0 bridgehead atoms. The first kappa shape index (κ1) is 14.1. The Hall–Kier alpha value is -1.33. The molecule has 0 fully saturated rings. The van der Waals surface area contributed by atoms with Gasteiger partial charge in [0.05, 0.1) is 10.0 Å². The maximum atomic E-state index is 7.58. The quantitative estimate of drug-likeness (QED) is 0.601. The highest BCUT2D eigenvalue weighted by atomic mass is 79.9. The molecule has 3 N–H and O–H groups in total. The standard InChI is InChI=1S/C14H12Br2N2O/c1-8-2-4-10(14(17)18)13(6-8)19-12-5-3-9(15)7-11(12)16/h2-7H,1H3,(H3,17,18). The first-order valence-corrected chi connectivity index (χ1v) is 7.14. The minimum Gasteiger partial charge on any atom is -0.455 e. The largest absolute Gasteiger partial charge is 0.455 e. The molecule has 0 aromatic heterocycles. The smallest absolute Gasteiger partial charge is 0.141 e. The molecule has 19 heavy (non-hydrogen) atoms. The van der Waals surface area contributed by atoms with E-state index in [2.05, 4.69) is 31.9 Å². The zero-order valence-electron chi connectivity index (χ0n) is 10.2. The lowest BCUT2D eigenvalue weighted by Gasteiger charge is -2.12. The summed E-state index contributed by atoms with van der Waals surface area (Å²) in [5, 5.41) is 7.58. The Morgan fingerprint density at radius 3 is 2.47 bits per heavy atom. The highest BCUT2D eigenvalue weighted by molar-refractivity contribution is 9.11. The van der Waals surface area contributed by atoms with E-state index in [4.69, 9.17) is 15.9 Å². The van der Waals surface area contributed by atoms with Crippen molar-refractivity contribution in [2.45, 2.75) is 6.92 Å². The second kappa shape index (κ2) is 5.75. The summed E-state index contributed by atoms with van der Waals surface area (Å²) in [6, 6.07) is 11.2. The zero-order chi connectivity index (χ0) is 14.0. The van der Waals surface area contributed by atoms with Crippen LogP contribution in [0.4, 0.5) is 0 Å². The average molecular weight is 384 g/mol. The van der Waals surface area contributed by atoms with Gasteiger partial charge in [-0.25, -0.2) is 0 Å². The van der Waals surface area contributed by atoms with Crippen molar-refractivity contribution in [1.82, 2.24) is 0 Å². The Bertz CT molecular complexity index is 641. The molecular formula is C14H12Br2N2O. The Morgan fingerprint density at radius 1 is 1.11 bits per heavy atom. The molecule has 0 unspecified atom stereocenters. The number of amidine groups is 1. The Morgan fingerprint density at radius 2 is 1.84 bits per heavy atom. The number of halogens is 2. The van der Waals surface area contributed by atoms with Gasteiger partial charge in [-0.2, -0.15) is 0 Å². The molecule has 5 heteroatoms. The topological polar surface area (TPSA) is 59.1 Å². The minimum atomic E-state index is -0.0109. The number of aryl methyl sites for hydroxylation is 1. The van der Waals surface area contributed by atoms with E-state index in [1.54, 1.807) is 6.07 Å². The fraction of sp³-hybridized carbons (Fsp3) is 0.0714. The molecule has 0 radical (unpaired) electrons.